The summed E-state index contributed by atoms with van der Waals surface area (Å²) in [6.45, 7) is 3.73. The Morgan fingerprint density at radius 2 is 2.26 bits per heavy atom. The predicted octanol–water partition coefficient (Wildman–Crippen LogP) is 2.02. The fourth-order valence-electron chi connectivity index (χ4n) is 1.89. The third-order valence-corrected chi connectivity index (χ3v) is 4.58. The van der Waals surface area contributed by atoms with Gasteiger partial charge in [-0.25, -0.2) is 4.98 Å². The van der Waals surface area contributed by atoms with E-state index in [2.05, 4.69) is 30.9 Å². The second-order valence-corrected chi connectivity index (χ2v) is 6.42. The number of thiazole rings is 1. The SMILES string of the molecule is Cc1ncsc1C(N)c1c(Br)cnn1CCN(C)C. The molecule has 0 aromatic carbocycles. The standard InChI is InChI=1S/C12H18BrN5S/c1-8-12(19-7-15-8)10(14)11-9(13)6-16-18(11)5-4-17(2)3/h6-7,10H,4-5,14H2,1-3H3. The minimum Gasteiger partial charge on any atom is -0.318 e. The van der Waals surface area contributed by atoms with Crippen LogP contribution in [0.3, 0.4) is 0 Å². The lowest BCUT2D eigenvalue weighted by Crippen LogP contribution is -2.23. The molecule has 0 amide bonds. The summed E-state index contributed by atoms with van der Waals surface area (Å²) in [5.41, 5.74) is 10.2. The average Bonchev–Trinajstić information content (AvgIpc) is 2.92. The number of aryl methyl sites for hydroxylation is 1. The van der Waals surface area contributed by atoms with Crippen LogP contribution in [0.5, 0.6) is 0 Å². The van der Waals surface area contributed by atoms with E-state index >= 15 is 0 Å². The van der Waals surface area contributed by atoms with Gasteiger partial charge in [-0.15, -0.1) is 11.3 Å². The van der Waals surface area contributed by atoms with Crippen LogP contribution in [0.4, 0.5) is 0 Å². The summed E-state index contributed by atoms with van der Waals surface area (Å²) in [7, 11) is 4.09. The Morgan fingerprint density at radius 1 is 1.53 bits per heavy atom. The molecule has 0 aliphatic carbocycles. The van der Waals surface area contributed by atoms with Gasteiger partial charge >= 0.3 is 0 Å². The number of rotatable bonds is 5. The Morgan fingerprint density at radius 3 is 2.84 bits per heavy atom. The number of aromatic nitrogens is 3. The molecule has 2 rings (SSSR count). The highest BCUT2D eigenvalue weighted by Gasteiger charge is 2.21. The first-order chi connectivity index (χ1) is 9.00. The van der Waals surface area contributed by atoms with E-state index in [0.29, 0.717) is 0 Å². The van der Waals surface area contributed by atoms with Crippen molar-refractivity contribution in [3.05, 3.63) is 32.4 Å². The minimum atomic E-state index is -0.188. The number of nitrogens with two attached hydrogens (primary N) is 1. The monoisotopic (exact) mass is 343 g/mol. The Bertz CT molecular complexity index is 548. The summed E-state index contributed by atoms with van der Waals surface area (Å²) in [5, 5.41) is 4.40. The van der Waals surface area contributed by atoms with E-state index < -0.39 is 0 Å². The fourth-order valence-corrected chi connectivity index (χ4v) is 3.24. The quantitative estimate of drug-likeness (QED) is 0.902. The largest absolute Gasteiger partial charge is 0.318 e. The van der Waals surface area contributed by atoms with E-state index in [0.717, 1.165) is 33.8 Å². The number of hydrogen-bond donors (Lipinski definition) is 1. The third-order valence-electron chi connectivity index (χ3n) is 2.95. The molecule has 2 aromatic heterocycles. The van der Waals surface area contributed by atoms with Gasteiger partial charge in [0.05, 0.1) is 45.0 Å². The first-order valence-corrected chi connectivity index (χ1v) is 7.69. The van der Waals surface area contributed by atoms with Gasteiger partial charge in [-0.05, 0) is 36.9 Å². The van der Waals surface area contributed by atoms with Gasteiger partial charge in [-0.2, -0.15) is 5.10 Å². The van der Waals surface area contributed by atoms with Gasteiger partial charge in [0.1, 0.15) is 0 Å². The zero-order chi connectivity index (χ0) is 14.0. The van der Waals surface area contributed by atoms with Crippen LogP contribution in [0, 0.1) is 6.92 Å². The molecule has 0 bridgehead atoms. The van der Waals surface area contributed by atoms with Crippen molar-refractivity contribution in [1.82, 2.24) is 19.7 Å². The van der Waals surface area contributed by atoms with Crippen molar-refractivity contribution in [2.24, 2.45) is 5.73 Å². The predicted molar refractivity (Wildman–Crippen MR) is 81.4 cm³/mol. The van der Waals surface area contributed by atoms with E-state index in [4.69, 9.17) is 5.73 Å². The normalized spacial score (nSPS) is 13.2. The maximum atomic E-state index is 6.38. The van der Waals surface area contributed by atoms with Crippen LogP contribution in [0.25, 0.3) is 0 Å². The van der Waals surface area contributed by atoms with Gasteiger partial charge in [-0.3, -0.25) is 4.68 Å². The Labute approximate surface area is 125 Å². The van der Waals surface area contributed by atoms with Crippen LogP contribution in [-0.2, 0) is 6.54 Å². The molecule has 0 saturated heterocycles. The van der Waals surface area contributed by atoms with Gasteiger partial charge in [0.2, 0.25) is 0 Å². The van der Waals surface area contributed by atoms with Crippen molar-refractivity contribution in [2.75, 3.05) is 20.6 Å². The first kappa shape index (κ1) is 14.6. The average molecular weight is 344 g/mol. The van der Waals surface area contributed by atoms with E-state index in [1.54, 1.807) is 17.5 Å². The highest BCUT2D eigenvalue weighted by atomic mass is 79.9. The van der Waals surface area contributed by atoms with Crippen molar-refractivity contribution >= 4 is 27.3 Å². The number of likely N-dealkylation sites (N-methyl/N-ethyl adjacent to an activating group) is 1. The highest BCUT2D eigenvalue weighted by molar-refractivity contribution is 9.10. The smallest absolute Gasteiger partial charge is 0.0847 e. The molecule has 0 aliphatic rings. The van der Waals surface area contributed by atoms with Gasteiger partial charge in [0.25, 0.3) is 0 Å². The molecule has 7 heteroatoms. The summed E-state index contributed by atoms with van der Waals surface area (Å²) in [6.07, 6.45) is 1.81. The fraction of sp³-hybridized carbons (Fsp3) is 0.500. The molecule has 2 aromatic rings. The molecule has 0 saturated carbocycles. The molecule has 0 aliphatic heterocycles. The molecule has 19 heavy (non-hydrogen) atoms. The highest BCUT2D eigenvalue weighted by Crippen LogP contribution is 2.30. The van der Waals surface area contributed by atoms with Crippen LogP contribution in [0.1, 0.15) is 22.3 Å². The van der Waals surface area contributed by atoms with Gasteiger partial charge in [0.15, 0.2) is 0 Å². The van der Waals surface area contributed by atoms with Crippen LogP contribution < -0.4 is 5.73 Å². The summed E-state index contributed by atoms with van der Waals surface area (Å²) in [5.74, 6) is 0. The van der Waals surface area contributed by atoms with E-state index in [1.165, 1.54) is 0 Å². The topological polar surface area (TPSA) is 60.0 Å². The lowest BCUT2D eigenvalue weighted by molar-refractivity contribution is 0.368. The van der Waals surface area contributed by atoms with Crippen molar-refractivity contribution in [2.45, 2.75) is 19.5 Å². The molecular formula is C12H18BrN5S. The Hall–Kier alpha value is -0.760. The molecular weight excluding hydrogens is 326 g/mol. The zero-order valence-electron chi connectivity index (χ0n) is 11.3. The molecule has 104 valence electrons. The molecule has 1 atom stereocenters. The number of nitrogens with zero attached hydrogens (tertiary/aromatic N) is 4. The second kappa shape index (κ2) is 6.13. The maximum absolute atomic E-state index is 6.38. The van der Waals surface area contributed by atoms with Crippen molar-refractivity contribution in [3.63, 3.8) is 0 Å². The molecule has 1 unspecified atom stereocenters. The number of hydrogen-bond acceptors (Lipinski definition) is 5. The molecule has 2 heterocycles. The number of halogens is 1. The summed E-state index contributed by atoms with van der Waals surface area (Å²) < 4.78 is 2.92. The summed E-state index contributed by atoms with van der Waals surface area (Å²) in [4.78, 5) is 7.48. The summed E-state index contributed by atoms with van der Waals surface area (Å²) in [6, 6.07) is -0.188. The molecule has 0 spiro atoms. The van der Waals surface area contributed by atoms with Crippen molar-refractivity contribution < 1.29 is 0 Å². The molecule has 0 radical (unpaired) electrons. The van der Waals surface area contributed by atoms with Gasteiger partial charge in [0, 0.05) is 6.54 Å². The van der Waals surface area contributed by atoms with E-state index in [-0.39, 0.29) is 6.04 Å². The van der Waals surface area contributed by atoms with Crippen molar-refractivity contribution in [1.29, 1.82) is 0 Å². The zero-order valence-corrected chi connectivity index (χ0v) is 13.7. The third kappa shape index (κ3) is 3.22. The van der Waals surface area contributed by atoms with Crippen LogP contribution >= 0.6 is 27.3 Å². The van der Waals surface area contributed by atoms with Gasteiger partial charge < -0.3 is 10.6 Å². The molecule has 0 fully saturated rings. The molecule has 2 N–H and O–H groups in total. The van der Waals surface area contributed by atoms with Crippen LogP contribution in [-0.4, -0.2) is 40.3 Å². The first-order valence-electron chi connectivity index (χ1n) is 6.02. The Kier molecular flexibility index (Phi) is 4.72. The lowest BCUT2D eigenvalue weighted by atomic mass is 10.1. The second-order valence-electron chi connectivity index (χ2n) is 4.68. The van der Waals surface area contributed by atoms with Crippen LogP contribution in [0.2, 0.25) is 0 Å². The lowest BCUT2D eigenvalue weighted by Gasteiger charge is -2.16. The van der Waals surface area contributed by atoms with E-state index in [1.807, 2.05) is 31.2 Å². The minimum absolute atomic E-state index is 0.188. The van der Waals surface area contributed by atoms with Crippen molar-refractivity contribution in [3.8, 4) is 0 Å². The summed E-state index contributed by atoms with van der Waals surface area (Å²) >= 11 is 5.13. The van der Waals surface area contributed by atoms with Gasteiger partial charge in [-0.1, -0.05) is 0 Å². The van der Waals surface area contributed by atoms with E-state index in [9.17, 15) is 0 Å². The van der Waals surface area contributed by atoms with Crippen LogP contribution in [0.15, 0.2) is 16.2 Å². The maximum Gasteiger partial charge on any atom is 0.0847 e. The molecule has 5 nitrogen and oxygen atoms in total. The Balaban J connectivity index is 2.28.